The van der Waals surface area contributed by atoms with Gasteiger partial charge in [0.2, 0.25) is 15.9 Å². The van der Waals surface area contributed by atoms with Crippen molar-refractivity contribution >= 4 is 45.0 Å². The largest absolute Gasteiger partial charge is 0.322 e. The highest BCUT2D eigenvalue weighted by Gasteiger charge is 2.45. The highest BCUT2D eigenvalue weighted by atomic mass is 35.5. The number of imide groups is 1. The first-order valence-electron chi connectivity index (χ1n) is 10.4. The average molecular weight is 516 g/mol. The van der Waals surface area contributed by atoms with Crippen LogP contribution in [-0.2, 0) is 26.2 Å². The number of rotatable bonds is 6. The summed E-state index contributed by atoms with van der Waals surface area (Å²) >= 11 is 6.26. The van der Waals surface area contributed by atoms with E-state index in [0.717, 1.165) is 15.9 Å². The third-order valence-electron chi connectivity index (χ3n) is 5.59. The summed E-state index contributed by atoms with van der Waals surface area (Å²) in [6.45, 7) is -0.144. The lowest BCUT2D eigenvalue weighted by molar-refractivity contribution is -0.122. The average Bonchev–Trinajstić information content (AvgIpc) is 3.11. The van der Waals surface area contributed by atoms with Crippen LogP contribution < -0.4 is 10.0 Å². The minimum absolute atomic E-state index is 0.117. The van der Waals surface area contributed by atoms with Crippen LogP contribution in [0.5, 0.6) is 0 Å². The molecule has 0 spiro atoms. The van der Waals surface area contributed by atoms with E-state index in [1.165, 1.54) is 42.5 Å². The zero-order valence-corrected chi connectivity index (χ0v) is 19.7. The van der Waals surface area contributed by atoms with Gasteiger partial charge in [0, 0.05) is 11.6 Å². The molecule has 0 aromatic heterocycles. The minimum Gasteiger partial charge on any atom is -0.322 e. The van der Waals surface area contributed by atoms with Crippen molar-refractivity contribution in [1.82, 2.24) is 4.90 Å². The van der Waals surface area contributed by atoms with Crippen molar-refractivity contribution in [3.63, 3.8) is 0 Å². The number of halogens is 2. The Hall–Kier alpha value is -3.60. The lowest BCUT2D eigenvalue weighted by Gasteiger charge is -2.28. The second-order valence-electron chi connectivity index (χ2n) is 7.83. The summed E-state index contributed by atoms with van der Waals surface area (Å²) in [5.74, 6) is -2.86. The number of sulfonamides is 1. The monoisotopic (exact) mass is 515 g/mol. The summed E-state index contributed by atoms with van der Waals surface area (Å²) in [7, 11) is -3.97. The number of nitrogens with two attached hydrogens (primary N) is 1. The molecule has 1 heterocycles. The Labute approximate surface area is 205 Å². The summed E-state index contributed by atoms with van der Waals surface area (Å²) in [6.07, 6.45) is -0.347. The molecule has 0 radical (unpaired) electrons. The fraction of sp³-hybridized carbons (Fsp3) is 0.125. The summed E-state index contributed by atoms with van der Waals surface area (Å²) < 4.78 is 37.5. The molecule has 4 rings (SSSR count). The molecule has 1 fully saturated rings. The molecular weight excluding hydrogens is 497 g/mol. The van der Waals surface area contributed by atoms with Crippen LogP contribution in [0.25, 0.3) is 0 Å². The molecule has 3 aromatic carbocycles. The molecule has 2 N–H and O–H groups in total. The van der Waals surface area contributed by atoms with Crippen LogP contribution in [0.2, 0.25) is 5.02 Å². The summed E-state index contributed by atoms with van der Waals surface area (Å²) in [4.78, 5) is 41.4. The molecule has 180 valence electrons. The van der Waals surface area contributed by atoms with E-state index in [9.17, 15) is 27.2 Å². The summed E-state index contributed by atoms with van der Waals surface area (Å²) in [5.41, 5.74) is 0.372. The molecule has 0 saturated carbocycles. The van der Waals surface area contributed by atoms with Crippen LogP contribution in [0.15, 0.2) is 77.7 Å². The van der Waals surface area contributed by atoms with Gasteiger partial charge in [0.25, 0.3) is 11.8 Å². The van der Waals surface area contributed by atoms with Gasteiger partial charge < -0.3 is 4.90 Å². The van der Waals surface area contributed by atoms with E-state index < -0.39 is 39.6 Å². The number of amides is 3. The predicted molar refractivity (Wildman–Crippen MR) is 126 cm³/mol. The van der Waals surface area contributed by atoms with E-state index in [1.807, 2.05) is 0 Å². The van der Waals surface area contributed by atoms with E-state index in [0.29, 0.717) is 10.6 Å². The van der Waals surface area contributed by atoms with E-state index in [2.05, 4.69) is 0 Å². The maximum atomic E-state index is 14.5. The lowest BCUT2D eigenvalue weighted by atomic mass is 10.1. The van der Waals surface area contributed by atoms with Gasteiger partial charge in [0.1, 0.15) is 11.9 Å². The Balaban J connectivity index is 1.71. The first kappa shape index (κ1) is 24.5. The van der Waals surface area contributed by atoms with Gasteiger partial charge in [0.05, 0.1) is 22.6 Å². The molecule has 1 aliphatic heterocycles. The second-order valence-corrected chi connectivity index (χ2v) is 9.80. The van der Waals surface area contributed by atoms with Gasteiger partial charge in [-0.15, -0.1) is 0 Å². The number of anilines is 1. The van der Waals surface area contributed by atoms with Crippen LogP contribution >= 0.6 is 11.6 Å². The fourth-order valence-electron chi connectivity index (χ4n) is 3.84. The molecule has 1 unspecified atom stereocenters. The van der Waals surface area contributed by atoms with Gasteiger partial charge in [-0.1, -0.05) is 41.9 Å². The van der Waals surface area contributed by atoms with Crippen LogP contribution in [0, 0.1) is 5.82 Å². The Morgan fingerprint density at radius 1 is 1.03 bits per heavy atom. The summed E-state index contributed by atoms with van der Waals surface area (Å²) in [6, 6.07) is 15.7. The SMILES string of the molecule is NS(=O)(=O)c1ccc(N2C(=O)CC(N(Cc3ccccc3Cl)C(=O)c3ccccc3F)C2=O)cc1. The number of hydrogen-bond donors (Lipinski definition) is 1. The lowest BCUT2D eigenvalue weighted by Crippen LogP contribution is -2.45. The Kier molecular flexibility index (Phi) is 6.70. The fourth-order valence-corrected chi connectivity index (χ4v) is 4.55. The van der Waals surface area contributed by atoms with Gasteiger partial charge in [-0.3, -0.25) is 14.4 Å². The Morgan fingerprint density at radius 3 is 2.29 bits per heavy atom. The van der Waals surface area contributed by atoms with Crippen LogP contribution in [0.3, 0.4) is 0 Å². The number of nitrogens with zero attached hydrogens (tertiary/aromatic N) is 2. The molecule has 11 heteroatoms. The van der Waals surface area contributed by atoms with Gasteiger partial charge in [-0.2, -0.15) is 0 Å². The number of hydrogen-bond acceptors (Lipinski definition) is 5. The normalized spacial score (nSPS) is 16.0. The Bertz CT molecular complexity index is 1430. The van der Waals surface area contributed by atoms with Crippen molar-refractivity contribution in [2.45, 2.75) is 23.9 Å². The second kappa shape index (κ2) is 9.57. The topological polar surface area (TPSA) is 118 Å². The van der Waals surface area contributed by atoms with Crippen LogP contribution in [-0.4, -0.2) is 37.1 Å². The third-order valence-corrected chi connectivity index (χ3v) is 6.88. The maximum Gasteiger partial charge on any atom is 0.257 e. The van der Waals surface area contributed by atoms with Gasteiger partial charge in [-0.25, -0.2) is 22.8 Å². The van der Waals surface area contributed by atoms with Crippen molar-refractivity contribution < 1.29 is 27.2 Å². The molecule has 0 aliphatic carbocycles. The molecule has 1 aliphatic rings. The van der Waals surface area contributed by atoms with E-state index in [4.69, 9.17) is 16.7 Å². The smallest absolute Gasteiger partial charge is 0.257 e. The Morgan fingerprint density at radius 2 is 1.66 bits per heavy atom. The van der Waals surface area contributed by atoms with Gasteiger partial charge >= 0.3 is 0 Å². The molecule has 3 amide bonds. The van der Waals surface area contributed by atoms with E-state index >= 15 is 0 Å². The third kappa shape index (κ3) is 4.95. The zero-order chi connectivity index (χ0) is 25.3. The molecule has 1 atom stereocenters. The van der Waals surface area contributed by atoms with E-state index in [-0.39, 0.29) is 29.1 Å². The molecule has 1 saturated heterocycles. The first-order valence-corrected chi connectivity index (χ1v) is 12.3. The molecule has 0 bridgehead atoms. The van der Waals surface area contributed by atoms with Crippen molar-refractivity contribution in [2.75, 3.05) is 4.90 Å². The van der Waals surface area contributed by atoms with Crippen molar-refractivity contribution in [3.05, 3.63) is 94.8 Å². The predicted octanol–water partition coefficient (Wildman–Crippen LogP) is 3.10. The molecule has 3 aromatic rings. The molecular formula is C24H19ClFN3O5S. The minimum atomic E-state index is -3.97. The van der Waals surface area contributed by atoms with Crippen LogP contribution in [0.4, 0.5) is 10.1 Å². The molecule has 8 nitrogen and oxygen atoms in total. The van der Waals surface area contributed by atoms with E-state index in [1.54, 1.807) is 24.3 Å². The quantitative estimate of drug-likeness (QED) is 0.506. The highest BCUT2D eigenvalue weighted by Crippen LogP contribution is 2.30. The molecule has 35 heavy (non-hydrogen) atoms. The first-order chi connectivity index (χ1) is 16.6. The zero-order valence-electron chi connectivity index (χ0n) is 18.1. The number of primary sulfonamides is 1. The number of carbonyl (C=O) groups excluding carboxylic acids is 3. The van der Waals surface area contributed by atoms with Crippen LogP contribution in [0.1, 0.15) is 22.3 Å². The van der Waals surface area contributed by atoms with Crippen molar-refractivity contribution in [1.29, 1.82) is 0 Å². The number of carbonyl (C=O) groups is 3. The van der Waals surface area contributed by atoms with Gasteiger partial charge in [-0.05, 0) is 48.0 Å². The summed E-state index contributed by atoms with van der Waals surface area (Å²) in [5, 5.41) is 5.44. The van der Waals surface area contributed by atoms with Crippen molar-refractivity contribution in [3.8, 4) is 0 Å². The number of benzene rings is 3. The van der Waals surface area contributed by atoms with Crippen molar-refractivity contribution in [2.24, 2.45) is 5.14 Å². The van der Waals surface area contributed by atoms with Gasteiger partial charge in [0.15, 0.2) is 0 Å². The standard InChI is InChI=1S/C24H19ClFN3O5S/c25-19-7-3-1-5-15(19)14-28(23(31)18-6-2-4-8-20(18)26)21-13-22(30)29(24(21)32)16-9-11-17(12-10-16)35(27,33)34/h1-12,21H,13-14H2,(H2,27,33,34). The highest BCUT2D eigenvalue weighted by molar-refractivity contribution is 7.89. The maximum absolute atomic E-state index is 14.5.